The summed E-state index contributed by atoms with van der Waals surface area (Å²) in [5, 5.41) is 7.12. The highest BCUT2D eigenvalue weighted by atomic mass is 16.2. The summed E-state index contributed by atoms with van der Waals surface area (Å²) in [5.41, 5.74) is 2.09. The Hall–Kier alpha value is -3.09. The first-order chi connectivity index (χ1) is 12.6. The number of benzene rings is 1. The molecule has 1 atom stereocenters. The molecule has 7 heteroatoms. The molecule has 0 unspecified atom stereocenters. The molecule has 3 heterocycles. The van der Waals surface area contributed by atoms with E-state index in [-0.39, 0.29) is 11.9 Å². The third-order valence-corrected chi connectivity index (χ3v) is 4.61. The fourth-order valence-corrected chi connectivity index (χ4v) is 3.38. The lowest BCUT2D eigenvalue weighted by Crippen LogP contribution is -2.32. The van der Waals surface area contributed by atoms with Crippen molar-refractivity contribution >= 4 is 5.91 Å². The van der Waals surface area contributed by atoms with E-state index in [1.54, 1.807) is 6.20 Å². The normalized spacial score (nSPS) is 16.8. The Kier molecular flexibility index (Phi) is 4.20. The Morgan fingerprint density at radius 2 is 2.00 bits per heavy atom. The molecule has 7 nitrogen and oxygen atoms in total. The van der Waals surface area contributed by atoms with Crippen LogP contribution in [0.5, 0.6) is 0 Å². The van der Waals surface area contributed by atoms with Gasteiger partial charge in [-0.2, -0.15) is 5.10 Å². The second kappa shape index (κ2) is 6.67. The molecule has 3 aromatic rings. The largest absolute Gasteiger partial charge is 0.328 e. The lowest BCUT2D eigenvalue weighted by atomic mass is 10.1. The molecule has 0 aliphatic carbocycles. The third-order valence-electron chi connectivity index (χ3n) is 4.61. The molecule has 1 fully saturated rings. The highest BCUT2D eigenvalue weighted by Gasteiger charge is 2.34. The number of aromatic amines is 1. The molecular weight excluding hydrogens is 328 g/mol. The molecule has 2 aromatic heterocycles. The monoisotopic (exact) mass is 348 g/mol. The third kappa shape index (κ3) is 2.96. The van der Waals surface area contributed by atoms with Crippen molar-refractivity contribution in [3.63, 3.8) is 0 Å². The number of H-pyrrole nitrogens is 1. The first-order valence-electron chi connectivity index (χ1n) is 8.72. The summed E-state index contributed by atoms with van der Waals surface area (Å²) in [7, 11) is 0. The lowest BCUT2D eigenvalue weighted by molar-refractivity contribution is 0.0730. The summed E-state index contributed by atoms with van der Waals surface area (Å²) in [5.74, 6) is 1.99. The Morgan fingerprint density at radius 1 is 1.19 bits per heavy atom. The minimum absolute atomic E-state index is 0.0752. The number of aryl methyl sites for hydroxylation is 2. The summed E-state index contributed by atoms with van der Waals surface area (Å²) in [6.07, 6.45) is 3.42. The number of hydrogen-bond donors (Lipinski definition) is 1. The molecule has 132 valence electrons. The first-order valence-corrected chi connectivity index (χ1v) is 8.72. The van der Waals surface area contributed by atoms with E-state index < -0.39 is 0 Å². The van der Waals surface area contributed by atoms with Gasteiger partial charge in [-0.3, -0.25) is 9.89 Å². The highest BCUT2D eigenvalue weighted by Crippen LogP contribution is 2.33. The Balaban J connectivity index is 1.72. The standard InChI is InChI=1S/C19H20N6O/c1-12-20-11-15(17(21-12)14-7-4-3-5-8-14)19(26)25-10-6-9-16(25)18-22-13(2)23-24-18/h3-5,7-8,11,16H,6,9-10H2,1-2H3,(H,22,23,24)/t16-/m0/s1. The maximum absolute atomic E-state index is 13.3. The zero-order valence-electron chi connectivity index (χ0n) is 14.8. The van der Waals surface area contributed by atoms with Gasteiger partial charge in [-0.1, -0.05) is 30.3 Å². The summed E-state index contributed by atoms with van der Waals surface area (Å²) in [4.78, 5) is 28.4. The molecule has 1 N–H and O–H groups in total. The zero-order chi connectivity index (χ0) is 18.1. The Bertz CT molecular complexity index is 936. The molecule has 4 rings (SSSR count). The topological polar surface area (TPSA) is 87.7 Å². The molecule has 0 bridgehead atoms. The van der Waals surface area contributed by atoms with E-state index in [0.29, 0.717) is 29.5 Å². The molecule has 26 heavy (non-hydrogen) atoms. The number of amides is 1. The minimum atomic E-state index is -0.114. The Labute approximate surface area is 151 Å². The van der Waals surface area contributed by atoms with Crippen molar-refractivity contribution in [2.45, 2.75) is 32.7 Å². The number of nitrogens with one attached hydrogen (secondary N) is 1. The highest BCUT2D eigenvalue weighted by molar-refractivity contribution is 6.00. The van der Waals surface area contributed by atoms with Gasteiger partial charge in [-0.25, -0.2) is 15.0 Å². The van der Waals surface area contributed by atoms with E-state index >= 15 is 0 Å². The summed E-state index contributed by atoms with van der Waals surface area (Å²) >= 11 is 0. The fourth-order valence-electron chi connectivity index (χ4n) is 3.38. The van der Waals surface area contributed by atoms with Gasteiger partial charge in [0.25, 0.3) is 5.91 Å². The molecule has 1 aliphatic heterocycles. The molecule has 1 aromatic carbocycles. The van der Waals surface area contributed by atoms with E-state index in [9.17, 15) is 4.79 Å². The number of rotatable bonds is 3. The number of aromatic nitrogens is 5. The van der Waals surface area contributed by atoms with Crippen molar-refractivity contribution in [1.29, 1.82) is 0 Å². The van der Waals surface area contributed by atoms with Crippen LogP contribution in [0.4, 0.5) is 0 Å². The van der Waals surface area contributed by atoms with Gasteiger partial charge in [0.05, 0.1) is 17.3 Å². The number of hydrogen-bond acceptors (Lipinski definition) is 5. The zero-order valence-corrected chi connectivity index (χ0v) is 14.8. The summed E-state index contributed by atoms with van der Waals surface area (Å²) in [6.45, 7) is 4.37. The van der Waals surface area contributed by atoms with E-state index in [0.717, 1.165) is 24.2 Å². The van der Waals surface area contributed by atoms with Gasteiger partial charge >= 0.3 is 0 Å². The molecular formula is C19H20N6O. The molecule has 1 aliphatic rings. The van der Waals surface area contributed by atoms with Crippen LogP contribution in [-0.4, -0.2) is 42.5 Å². The van der Waals surface area contributed by atoms with Crippen molar-refractivity contribution in [3.8, 4) is 11.3 Å². The van der Waals surface area contributed by atoms with E-state index in [2.05, 4.69) is 25.1 Å². The molecule has 0 saturated carbocycles. The fraction of sp³-hybridized carbons (Fsp3) is 0.316. The summed E-state index contributed by atoms with van der Waals surface area (Å²) in [6, 6.07) is 9.63. The number of carbonyl (C=O) groups is 1. The van der Waals surface area contributed by atoms with Gasteiger partial charge < -0.3 is 4.90 Å². The van der Waals surface area contributed by atoms with Gasteiger partial charge in [0.1, 0.15) is 11.6 Å². The van der Waals surface area contributed by atoms with Crippen LogP contribution in [-0.2, 0) is 0 Å². The average molecular weight is 348 g/mol. The van der Waals surface area contributed by atoms with Crippen molar-refractivity contribution in [1.82, 2.24) is 30.0 Å². The van der Waals surface area contributed by atoms with Crippen molar-refractivity contribution in [3.05, 3.63) is 59.6 Å². The van der Waals surface area contributed by atoms with Crippen LogP contribution in [0.3, 0.4) is 0 Å². The lowest BCUT2D eigenvalue weighted by Gasteiger charge is -2.23. The maximum Gasteiger partial charge on any atom is 0.258 e. The molecule has 0 radical (unpaired) electrons. The van der Waals surface area contributed by atoms with Crippen LogP contribution in [0.15, 0.2) is 36.5 Å². The van der Waals surface area contributed by atoms with Crippen LogP contribution in [0, 0.1) is 13.8 Å². The molecule has 1 saturated heterocycles. The number of nitrogens with zero attached hydrogens (tertiary/aromatic N) is 5. The van der Waals surface area contributed by atoms with Gasteiger partial charge in [0, 0.05) is 18.3 Å². The van der Waals surface area contributed by atoms with Crippen LogP contribution >= 0.6 is 0 Å². The number of carbonyl (C=O) groups excluding carboxylic acids is 1. The minimum Gasteiger partial charge on any atom is -0.328 e. The van der Waals surface area contributed by atoms with Crippen LogP contribution < -0.4 is 0 Å². The molecule has 0 spiro atoms. The van der Waals surface area contributed by atoms with Crippen molar-refractivity contribution in [2.24, 2.45) is 0 Å². The predicted octanol–water partition coefficient (Wildman–Crippen LogP) is 2.86. The second-order valence-electron chi connectivity index (χ2n) is 6.48. The van der Waals surface area contributed by atoms with Gasteiger partial charge in [0.15, 0.2) is 5.82 Å². The number of likely N-dealkylation sites (tertiary alicyclic amines) is 1. The smallest absolute Gasteiger partial charge is 0.258 e. The quantitative estimate of drug-likeness (QED) is 0.786. The predicted molar refractivity (Wildman–Crippen MR) is 96.3 cm³/mol. The van der Waals surface area contributed by atoms with Crippen LogP contribution in [0.1, 0.15) is 46.7 Å². The SMILES string of the molecule is Cc1ncc(C(=O)N2CCC[C@H]2c2n[nH]c(C)n2)c(-c2ccccc2)n1. The van der Waals surface area contributed by atoms with Gasteiger partial charge in [-0.05, 0) is 26.7 Å². The first kappa shape index (κ1) is 16.4. The maximum atomic E-state index is 13.3. The average Bonchev–Trinajstić information content (AvgIpc) is 3.30. The van der Waals surface area contributed by atoms with Crippen LogP contribution in [0.2, 0.25) is 0 Å². The van der Waals surface area contributed by atoms with E-state index in [1.165, 1.54) is 0 Å². The second-order valence-corrected chi connectivity index (χ2v) is 6.48. The van der Waals surface area contributed by atoms with Crippen LogP contribution in [0.25, 0.3) is 11.3 Å². The van der Waals surface area contributed by atoms with Gasteiger partial charge in [0.2, 0.25) is 0 Å². The van der Waals surface area contributed by atoms with E-state index in [1.807, 2.05) is 49.1 Å². The summed E-state index contributed by atoms with van der Waals surface area (Å²) < 4.78 is 0. The van der Waals surface area contributed by atoms with Crippen molar-refractivity contribution < 1.29 is 4.79 Å². The van der Waals surface area contributed by atoms with Gasteiger partial charge in [-0.15, -0.1) is 0 Å². The molecule has 1 amide bonds. The Morgan fingerprint density at radius 3 is 2.73 bits per heavy atom. The van der Waals surface area contributed by atoms with Crippen molar-refractivity contribution in [2.75, 3.05) is 6.54 Å². The van der Waals surface area contributed by atoms with E-state index in [4.69, 9.17) is 0 Å².